The summed E-state index contributed by atoms with van der Waals surface area (Å²) in [5, 5.41) is 0. The monoisotopic (exact) mass is 156 g/mol. The van der Waals surface area contributed by atoms with Crippen LogP contribution < -0.4 is 11.5 Å². The molecule has 0 bridgehead atoms. The zero-order chi connectivity index (χ0) is 8.10. The van der Waals surface area contributed by atoms with Crippen LogP contribution in [-0.2, 0) is 0 Å². The third-order valence-corrected chi connectivity index (χ3v) is 2.92. The maximum Gasteiger partial charge on any atom is -0.00457 e. The number of nitrogens with two attached hydrogens (primary N) is 2. The molecular formula is C9H20N2. The topological polar surface area (TPSA) is 52.0 Å². The van der Waals surface area contributed by atoms with Crippen molar-refractivity contribution in [2.45, 2.75) is 32.1 Å². The molecule has 2 nitrogen and oxygen atoms in total. The second-order valence-electron chi connectivity index (χ2n) is 3.63. The van der Waals surface area contributed by atoms with Gasteiger partial charge in [0, 0.05) is 0 Å². The van der Waals surface area contributed by atoms with E-state index in [1.165, 1.54) is 32.1 Å². The maximum atomic E-state index is 5.68. The first kappa shape index (κ1) is 9.01. The zero-order valence-corrected chi connectivity index (χ0v) is 7.26. The van der Waals surface area contributed by atoms with Gasteiger partial charge in [0.1, 0.15) is 0 Å². The fourth-order valence-electron chi connectivity index (χ4n) is 2.08. The lowest BCUT2D eigenvalue weighted by Crippen LogP contribution is -2.28. The first-order chi connectivity index (χ1) is 5.38. The Morgan fingerprint density at radius 3 is 1.64 bits per heavy atom. The fourth-order valence-corrected chi connectivity index (χ4v) is 2.08. The lowest BCUT2D eigenvalue weighted by atomic mass is 9.88. The fraction of sp³-hybridized carbons (Fsp3) is 1.00. The minimum atomic E-state index is 0.711. The van der Waals surface area contributed by atoms with Crippen LogP contribution in [0.3, 0.4) is 0 Å². The van der Waals surface area contributed by atoms with Crippen molar-refractivity contribution in [3.63, 3.8) is 0 Å². The molecule has 1 fully saturated rings. The van der Waals surface area contributed by atoms with Gasteiger partial charge in [-0.1, -0.05) is 19.3 Å². The summed E-state index contributed by atoms with van der Waals surface area (Å²) in [7, 11) is 0. The van der Waals surface area contributed by atoms with Gasteiger partial charge in [0.15, 0.2) is 0 Å². The SMILES string of the molecule is NCC1CCCCCC1CN. The minimum Gasteiger partial charge on any atom is -0.330 e. The van der Waals surface area contributed by atoms with E-state index in [-0.39, 0.29) is 0 Å². The van der Waals surface area contributed by atoms with Gasteiger partial charge in [-0.3, -0.25) is 0 Å². The molecule has 0 radical (unpaired) electrons. The van der Waals surface area contributed by atoms with Gasteiger partial charge in [-0.2, -0.15) is 0 Å². The van der Waals surface area contributed by atoms with Gasteiger partial charge in [-0.15, -0.1) is 0 Å². The van der Waals surface area contributed by atoms with Gasteiger partial charge in [0.2, 0.25) is 0 Å². The predicted octanol–water partition coefficient (Wildman–Crippen LogP) is 1.10. The number of hydrogen-bond acceptors (Lipinski definition) is 2. The maximum absolute atomic E-state index is 5.68. The second kappa shape index (κ2) is 4.73. The largest absolute Gasteiger partial charge is 0.330 e. The summed E-state index contributed by atoms with van der Waals surface area (Å²) in [6.07, 6.45) is 6.71. The summed E-state index contributed by atoms with van der Waals surface area (Å²) in [5.74, 6) is 1.42. The van der Waals surface area contributed by atoms with Gasteiger partial charge in [-0.25, -0.2) is 0 Å². The Balaban J connectivity index is 2.41. The van der Waals surface area contributed by atoms with Gasteiger partial charge in [-0.05, 0) is 37.8 Å². The Bertz CT molecular complexity index is 91.7. The molecule has 4 N–H and O–H groups in total. The van der Waals surface area contributed by atoms with Gasteiger partial charge < -0.3 is 11.5 Å². The van der Waals surface area contributed by atoms with Crippen LogP contribution in [0.1, 0.15) is 32.1 Å². The Morgan fingerprint density at radius 2 is 1.27 bits per heavy atom. The molecule has 66 valence electrons. The van der Waals surface area contributed by atoms with Crippen LogP contribution in [0.5, 0.6) is 0 Å². The standard InChI is InChI=1S/C9H20N2/c10-6-8-4-2-1-3-5-9(8)7-11/h8-9H,1-7,10-11H2. The molecular weight excluding hydrogens is 136 g/mol. The Hall–Kier alpha value is -0.0800. The summed E-state index contributed by atoms with van der Waals surface area (Å²) >= 11 is 0. The van der Waals surface area contributed by atoms with Crippen LogP contribution >= 0.6 is 0 Å². The second-order valence-corrected chi connectivity index (χ2v) is 3.63. The van der Waals surface area contributed by atoms with Crippen LogP contribution in [-0.4, -0.2) is 13.1 Å². The molecule has 1 saturated carbocycles. The molecule has 1 aliphatic rings. The summed E-state index contributed by atoms with van der Waals surface area (Å²) in [4.78, 5) is 0. The van der Waals surface area contributed by atoms with E-state index in [1.807, 2.05) is 0 Å². The van der Waals surface area contributed by atoms with E-state index in [4.69, 9.17) is 11.5 Å². The third kappa shape index (κ3) is 2.46. The number of rotatable bonds is 2. The van der Waals surface area contributed by atoms with E-state index in [2.05, 4.69) is 0 Å². The quantitative estimate of drug-likeness (QED) is 0.588. The summed E-state index contributed by atoms with van der Waals surface area (Å²) in [6, 6.07) is 0. The Labute approximate surface area is 69.3 Å². The molecule has 1 rings (SSSR count). The van der Waals surface area contributed by atoms with Crippen LogP contribution in [0.4, 0.5) is 0 Å². The highest BCUT2D eigenvalue weighted by Gasteiger charge is 2.20. The van der Waals surface area contributed by atoms with Crippen molar-refractivity contribution in [1.29, 1.82) is 0 Å². The summed E-state index contributed by atoms with van der Waals surface area (Å²) in [6.45, 7) is 1.67. The van der Waals surface area contributed by atoms with Gasteiger partial charge >= 0.3 is 0 Å². The molecule has 0 heterocycles. The lowest BCUT2D eigenvalue weighted by molar-refractivity contribution is 0.328. The first-order valence-corrected chi connectivity index (χ1v) is 4.78. The van der Waals surface area contributed by atoms with E-state index in [9.17, 15) is 0 Å². The van der Waals surface area contributed by atoms with Crippen molar-refractivity contribution in [1.82, 2.24) is 0 Å². The lowest BCUT2D eigenvalue weighted by Gasteiger charge is -2.21. The average molecular weight is 156 g/mol. The smallest absolute Gasteiger partial charge is 0.00457 e. The zero-order valence-electron chi connectivity index (χ0n) is 7.26. The average Bonchev–Trinajstić information content (AvgIpc) is 2.27. The third-order valence-electron chi connectivity index (χ3n) is 2.92. The molecule has 0 aliphatic heterocycles. The predicted molar refractivity (Wildman–Crippen MR) is 48.2 cm³/mol. The van der Waals surface area contributed by atoms with Crippen LogP contribution in [0.25, 0.3) is 0 Å². The Kier molecular flexibility index (Phi) is 3.87. The van der Waals surface area contributed by atoms with Gasteiger partial charge in [0.25, 0.3) is 0 Å². The van der Waals surface area contributed by atoms with Crippen molar-refractivity contribution in [2.24, 2.45) is 23.3 Å². The van der Waals surface area contributed by atoms with Crippen molar-refractivity contribution in [3.05, 3.63) is 0 Å². The van der Waals surface area contributed by atoms with Gasteiger partial charge in [0.05, 0.1) is 0 Å². The molecule has 0 aromatic carbocycles. The molecule has 0 aromatic rings. The highest BCUT2D eigenvalue weighted by atomic mass is 14.6. The molecule has 0 amide bonds. The summed E-state index contributed by atoms with van der Waals surface area (Å²) < 4.78 is 0. The van der Waals surface area contributed by atoms with Crippen LogP contribution in [0, 0.1) is 11.8 Å². The van der Waals surface area contributed by atoms with Crippen LogP contribution in [0.2, 0.25) is 0 Å². The molecule has 2 atom stereocenters. The molecule has 11 heavy (non-hydrogen) atoms. The molecule has 0 aromatic heterocycles. The molecule has 0 saturated heterocycles. The van der Waals surface area contributed by atoms with E-state index >= 15 is 0 Å². The molecule has 2 heteroatoms. The van der Waals surface area contributed by atoms with E-state index in [0.717, 1.165) is 13.1 Å². The van der Waals surface area contributed by atoms with Crippen molar-refractivity contribution in [3.8, 4) is 0 Å². The Morgan fingerprint density at radius 1 is 0.818 bits per heavy atom. The van der Waals surface area contributed by atoms with E-state index < -0.39 is 0 Å². The molecule has 1 aliphatic carbocycles. The van der Waals surface area contributed by atoms with Crippen LogP contribution in [0.15, 0.2) is 0 Å². The van der Waals surface area contributed by atoms with E-state index in [0.29, 0.717) is 11.8 Å². The van der Waals surface area contributed by atoms with Crippen molar-refractivity contribution in [2.75, 3.05) is 13.1 Å². The number of hydrogen-bond donors (Lipinski definition) is 2. The van der Waals surface area contributed by atoms with Crippen molar-refractivity contribution < 1.29 is 0 Å². The first-order valence-electron chi connectivity index (χ1n) is 4.78. The highest BCUT2D eigenvalue weighted by molar-refractivity contribution is 4.74. The minimum absolute atomic E-state index is 0.711. The molecule has 2 unspecified atom stereocenters. The van der Waals surface area contributed by atoms with E-state index in [1.54, 1.807) is 0 Å². The molecule has 0 spiro atoms. The van der Waals surface area contributed by atoms with Crippen molar-refractivity contribution >= 4 is 0 Å². The summed E-state index contributed by atoms with van der Waals surface area (Å²) in [5.41, 5.74) is 11.4. The normalized spacial score (nSPS) is 33.3. The highest BCUT2D eigenvalue weighted by Crippen LogP contribution is 2.26.